The molecule has 5 nitrogen and oxygen atoms in total. The van der Waals surface area contributed by atoms with E-state index in [4.69, 9.17) is 4.74 Å². The minimum absolute atomic E-state index is 0.0399. The van der Waals surface area contributed by atoms with Crippen molar-refractivity contribution in [3.63, 3.8) is 0 Å². The summed E-state index contributed by atoms with van der Waals surface area (Å²) in [5, 5.41) is 2.88. The number of hydrogen-bond acceptors (Lipinski definition) is 3. The van der Waals surface area contributed by atoms with Crippen LogP contribution in [0.2, 0.25) is 0 Å². The Morgan fingerprint density at radius 2 is 1.69 bits per heavy atom. The molecule has 0 fully saturated rings. The molecule has 0 aliphatic carbocycles. The summed E-state index contributed by atoms with van der Waals surface area (Å²) in [6.07, 6.45) is 4.70. The van der Waals surface area contributed by atoms with E-state index in [0.717, 1.165) is 35.9 Å². The first-order valence-electron chi connectivity index (χ1n) is 9.20. The molecule has 0 saturated heterocycles. The third-order valence-corrected chi connectivity index (χ3v) is 4.26. The first kappa shape index (κ1) is 19.8. The number of pyridine rings is 1. The summed E-state index contributed by atoms with van der Waals surface area (Å²) < 4.78 is 7.53. The van der Waals surface area contributed by atoms with Crippen LogP contribution in [0.4, 0.5) is 5.69 Å². The first-order valence-corrected chi connectivity index (χ1v) is 9.20. The number of ether oxygens (including phenoxy) is 1. The molecule has 1 aromatic heterocycles. The number of benzene rings is 1. The highest BCUT2D eigenvalue weighted by Crippen LogP contribution is 2.16. The van der Waals surface area contributed by atoms with Gasteiger partial charge < -0.3 is 14.6 Å². The van der Waals surface area contributed by atoms with Crippen LogP contribution in [0.25, 0.3) is 0 Å². The predicted molar refractivity (Wildman–Crippen MR) is 105 cm³/mol. The van der Waals surface area contributed by atoms with E-state index in [9.17, 15) is 9.59 Å². The van der Waals surface area contributed by atoms with Gasteiger partial charge in [-0.25, -0.2) is 0 Å². The van der Waals surface area contributed by atoms with E-state index < -0.39 is 0 Å². The van der Waals surface area contributed by atoms with Gasteiger partial charge in [-0.3, -0.25) is 9.59 Å². The van der Waals surface area contributed by atoms with Crippen LogP contribution in [-0.2, 0) is 11.3 Å². The number of anilines is 1. The van der Waals surface area contributed by atoms with Crippen molar-refractivity contribution in [1.29, 1.82) is 0 Å². The van der Waals surface area contributed by atoms with Crippen LogP contribution < -0.4 is 15.5 Å². The van der Waals surface area contributed by atoms with Gasteiger partial charge in [0.2, 0.25) is 5.91 Å². The van der Waals surface area contributed by atoms with Crippen molar-refractivity contribution in [2.75, 3.05) is 11.9 Å². The molecule has 5 heteroatoms. The number of rotatable bonds is 9. The highest BCUT2D eigenvalue weighted by molar-refractivity contribution is 5.90. The highest BCUT2D eigenvalue weighted by Gasteiger charge is 2.08. The zero-order valence-electron chi connectivity index (χ0n) is 15.9. The van der Waals surface area contributed by atoms with Gasteiger partial charge in [0.1, 0.15) is 12.3 Å². The van der Waals surface area contributed by atoms with Gasteiger partial charge in [0, 0.05) is 29.2 Å². The van der Waals surface area contributed by atoms with Crippen LogP contribution in [0.15, 0.2) is 41.2 Å². The average molecular weight is 356 g/mol. The van der Waals surface area contributed by atoms with Gasteiger partial charge in [-0.15, -0.1) is 0 Å². The Balaban J connectivity index is 1.87. The van der Waals surface area contributed by atoms with E-state index in [2.05, 4.69) is 12.2 Å². The van der Waals surface area contributed by atoms with E-state index in [0.29, 0.717) is 0 Å². The standard InChI is InChI=1S/C21H28N2O3/c1-4-5-6-7-12-26-20-10-8-18(9-11-20)22-21(25)15-23-16(2)13-19(24)14-17(23)3/h8-11,13-14H,4-7,12,15H2,1-3H3,(H,22,25). The SMILES string of the molecule is CCCCCCOc1ccc(NC(=O)Cn2c(C)cc(=O)cc2C)cc1. The van der Waals surface area contributed by atoms with Gasteiger partial charge >= 0.3 is 0 Å². The maximum atomic E-state index is 12.3. The normalized spacial score (nSPS) is 10.6. The van der Waals surface area contributed by atoms with Crippen LogP contribution in [-0.4, -0.2) is 17.1 Å². The molecule has 1 N–H and O–H groups in total. The molecule has 1 aromatic carbocycles. The van der Waals surface area contributed by atoms with Crippen LogP contribution in [0.3, 0.4) is 0 Å². The molecule has 0 atom stereocenters. The molecule has 0 aliphatic heterocycles. The first-order chi connectivity index (χ1) is 12.5. The lowest BCUT2D eigenvalue weighted by Crippen LogP contribution is -2.23. The molecule has 2 aromatic rings. The van der Waals surface area contributed by atoms with Crippen molar-refractivity contribution in [1.82, 2.24) is 4.57 Å². The molecular weight excluding hydrogens is 328 g/mol. The van der Waals surface area contributed by atoms with Crippen LogP contribution in [0, 0.1) is 13.8 Å². The lowest BCUT2D eigenvalue weighted by Gasteiger charge is -2.14. The molecule has 2 rings (SSSR count). The Morgan fingerprint density at radius 3 is 2.31 bits per heavy atom. The van der Waals surface area contributed by atoms with E-state index in [-0.39, 0.29) is 17.9 Å². The second kappa shape index (κ2) is 9.80. The molecule has 1 heterocycles. The third kappa shape index (κ3) is 6.06. The lowest BCUT2D eigenvalue weighted by molar-refractivity contribution is -0.116. The number of hydrogen-bond donors (Lipinski definition) is 1. The number of aryl methyl sites for hydroxylation is 2. The third-order valence-electron chi connectivity index (χ3n) is 4.26. The number of unbranched alkanes of at least 4 members (excludes halogenated alkanes) is 3. The second-order valence-electron chi connectivity index (χ2n) is 6.54. The molecule has 0 aliphatic rings. The molecule has 0 bridgehead atoms. The number of amides is 1. The topological polar surface area (TPSA) is 60.3 Å². The monoisotopic (exact) mass is 356 g/mol. The molecule has 140 valence electrons. The maximum absolute atomic E-state index is 12.3. The summed E-state index contributed by atoms with van der Waals surface area (Å²) in [5.41, 5.74) is 2.24. The summed E-state index contributed by atoms with van der Waals surface area (Å²) in [7, 11) is 0. The molecule has 1 amide bonds. The number of aromatic nitrogens is 1. The van der Waals surface area contributed by atoms with E-state index in [1.807, 2.05) is 42.7 Å². The van der Waals surface area contributed by atoms with Crippen molar-refractivity contribution in [2.24, 2.45) is 0 Å². The molecule has 0 saturated carbocycles. The quantitative estimate of drug-likeness (QED) is 0.689. The number of carbonyl (C=O) groups excluding carboxylic acids is 1. The van der Waals surface area contributed by atoms with E-state index in [1.165, 1.54) is 31.4 Å². The molecule has 0 unspecified atom stereocenters. The van der Waals surface area contributed by atoms with Gasteiger partial charge in [-0.1, -0.05) is 26.2 Å². The Kier molecular flexibility index (Phi) is 7.45. The van der Waals surface area contributed by atoms with Crippen LogP contribution in [0.5, 0.6) is 5.75 Å². The fraction of sp³-hybridized carbons (Fsp3) is 0.429. The van der Waals surface area contributed by atoms with Gasteiger partial charge in [0.15, 0.2) is 5.43 Å². The van der Waals surface area contributed by atoms with E-state index in [1.54, 1.807) is 0 Å². The van der Waals surface area contributed by atoms with Crippen molar-refractivity contribution in [3.05, 3.63) is 58.0 Å². The number of carbonyl (C=O) groups is 1. The van der Waals surface area contributed by atoms with Crippen LogP contribution >= 0.6 is 0 Å². The van der Waals surface area contributed by atoms with Crippen molar-refractivity contribution in [3.8, 4) is 5.75 Å². The zero-order valence-corrected chi connectivity index (χ0v) is 15.9. The fourth-order valence-electron chi connectivity index (χ4n) is 2.83. The van der Waals surface area contributed by atoms with Crippen LogP contribution in [0.1, 0.15) is 44.0 Å². The van der Waals surface area contributed by atoms with Crippen molar-refractivity contribution < 1.29 is 9.53 Å². The molecular formula is C21H28N2O3. The summed E-state index contributed by atoms with van der Waals surface area (Å²) in [5.74, 6) is 0.680. The largest absolute Gasteiger partial charge is 0.494 e. The van der Waals surface area contributed by atoms with Crippen molar-refractivity contribution >= 4 is 11.6 Å². The van der Waals surface area contributed by atoms with Gasteiger partial charge in [-0.05, 0) is 44.5 Å². The highest BCUT2D eigenvalue weighted by atomic mass is 16.5. The Bertz CT molecular complexity index is 753. The van der Waals surface area contributed by atoms with Gasteiger partial charge in [0.25, 0.3) is 0 Å². The Labute approximate surface area is 155 Å². The number of nitrogens with zero attached hydrogens (tertiary/aromatic N) is 1. The summed E-state index contributed by atoms with van der Waals surface area (Å²) in [6, 6.07) is 10.5. The van der Waals surface area contributed by atoms with Gasteiger partial charge in [-0.2, -0.15) is 0 Å². The molecule has 26 heavy (non-hydrogen) atoms. The smallest absolute Gasteiger partial charge is 0.244 e. The minimum Gasteiger partial charge on any atom is -0.494 e. The molecule has 0 radical (unpaired) electrons. The Hall–Kier alpha value is -2.56. The second-order valence-corrected chi connectivity index (χ2v) is 6.54. The van der Waals surface area contributed by atoms with Gasteiger partial charge in [0.05, 0.1) is 6.61 Å². The number of nitrogens with one attached hydrogen (secondary N) is 1. The van der Waals surface area contributed by atoms with E-state index >= 15 is 0 Å². The summed E-state index contributed by atoms with van der Waals surface area (Å²) in [4.78, 5) is 23.8. The minimum atomic E-state index is -0.131. The van der Waals surface area contributed by atoms with Crippen molar-refractivity contribution in [2.45, 2.75) is 53.0 Å². The summed E-state index contributed by atoms with van der Waals surface area (Å²) >= 11 is 0. The lowest BCUT2D eigenvalue weighted by atomic mass is 10.2. The molecule has 0 spiro atoms. The Morgan fingerprint density at radius 1 is 1.04 bits per heavy atom. The fourth-order valence-corrected chi connectivity index (χ4v) is 2.83. The predicted octanol–water partition coefficient (Wildman–Crippen LogP) is 4.06. The zero-order chi connectivity index (χ0) is 18.9. The summed E-state index contributed by atoms with van der Waals surface area (Å²) in [6.45, 7) is 6.74. The average Bonchev–Trinajstić information content (AvgIpc) is 2.59. The maximum Gasteiger partial charge on any atom is 0.244 e.